The molecule has 0 bridgehead atoms. The van der Waals surface area contributed by atoms with E-state index in [2.05, 4.69) is 5.32 Å². The Morgan fingerprint density at radius 3 is 2.75 bits per heavy atom. The van der Waals surface area contributed by atoms with Crippen LogP contribution in [0.4, 0.5) is 0 Å². The van der Waals surface area contributed by atoms with Crippen LogP contribution in [0.5, 0.6) is 0 Å². The van der Waals surface area contributed by atoms with E-state index >= 15 is 0 Å². The van der Waals surface area contributed by atoms with Crippen LogP contribution in [-0.4, -0.2) is 30.1 Å². The van der Waals surface area contributed by atoms with E-state index < -0.39 is 0 Å². The largest absolute Gasteiger partial charge is 0.392 e. The van der Waals surface area contributed by atoms with Crippen molar-refractivity contribution in [1.29, 1.82) is 0 Å². The second-order valence-corrected chi connectivity index (χ2v) is 2.04. The molecule has 0 radical (unpaired) electrons. The van der Waals surface area contributed by atoms with E-state index in [1.165, 1.54) is 0 Å². The summed E-state index contributed by atoms with van der Waals surface area (Å²) in [5.41, 5.74) is 0. The lowest BCUT2D eigenvalue weighted by Crippen LogP contribution is -2.22. The van der Waals surface area contributed by atoms with Gasteiger partial charge in [-0.15, -0.1) is 0 Å². The summed E-state index contributed by atoms with van der Waals surface area (Å²) in [5.74, 6) is 0. The van der Waals surface area contributed by atoms with Crippen molar-refractivity contribution < 1.29 is 9.90 Å². The number of carbonyl (C=O) groups excluding carboxylic acids is 1. The van der Waals surface area contributed by atoms with E-state index in [0.29, 0.717) is 13.0 Å². The highest BCUT2D eigenvalue weighted by atomic mass is 16.3. The van der Waals surface area contributed by atoms with Gasteiger partial charge >= 0.3 is 0 Å². The molecule has 0 spiro atoms. The fraction of sp³-hybridized carbons (Fsp3) is 0.800. The molecule has 3 nitrogen and oxygen atoms in total. The third-order valence-corrected chi connectivity index (χ3v) is 1.31. The van der Waals surface area contributed by atoms with Crippen molar-refractivity contribution in [1.82, 2.24) is 5.32 Å². The summed E-state index contributed by atoms with van der Waals surface area (Å²) in [7, 11) is 0. The second-order valence-electron chi connectivity index (χ2n) is 2.04. The minimum absolute atomic E-state index is 0.106. The summed E-state index contributed by atoms with van der Waals surface area (Å²) in [6, 6.07) is -0.106. The average molecular weight is 115 g/mol. The summed E-state index contributed by atoms with van der Waals surface area (Å²) in [6.45, 7) is 0.559. The minimum atomic E-state index is -0.315. The van der Waals surface area contributed by atoms with Crippen molar-refractivity contribution in [3.8, 4) is 0 Å². The van der Waals surface area contributed by atoms with Gasteiger partial charge in [0.05, 0.1) is 12.1 Å². The molecule has 1 rings (SSSR count). The zero-order chi connectivity index (χ0) is 5.98. The molecule has 1 aliphatic heterocycles. The Kier molecular flexibility index (Phi) is 1.60. The molecule has 0 amide bonds. The molecule has 1 heterocycles. The van der Waals surface area contributed by atoms with E-state index in [1.807, 2.05) is 0 Å². The second kappa shape index (κ2) is 2.24. The topological polar surface area (TPSA) is 49.3 Å². The van der Waals surface area contributed by atoms with Crippen LogP contribution >= 0.6 is 0 Å². The van der Waals surface area contributed by atoms with Crippen molar-refractivity contribution in [2.75, 3.05) is 6.54 Å². The monoisotopic (exact) mass is 115 g/mol. The molecule has 0 aromatic heterocycles. The SMILES string of the molecule is O=C[C@H]1C[C@@H](O)CN1. The number of hydrogen-bond donors (Lipinski definition) is 2. The van der Waals surface area contributed by atoms with Gasteiger partial charge in [0.1, 0.15) is 6.29 Å². The molecule has 1 saturated heterocycles. The highest BCUT2D eigenvalue weighted by Crippen LogP contribution is 2.02. The molecule has 3 heteroatoms. The first-order valence-electron chi connectivity index (χ1n) is 2.69. The molecule has 8 heavy (non-hydrogen) atoms. The zero-order valence-corrected chi connectivity index (χ0v) is 4.50. The van der Waals surface area contributed by atoms with Crippen molar-refractivity contribution in [3.05, 3.63) is 0 Å². The number of aliphatic hydroxyl groups is 1. The predicted octanol–water partition coefficient (Wildman–Crippen LogP) is -1.09. The number of carbonyl (C=O) groups is 1. The summed E-state index contributed by atoms with van der Waals surface area (Å²) >= 11 is 0. The van der Waals surface area contributed by atoms with Gasteiger partial charge in [-0.3, -0.25) is 0 Å². The molecule has 0 aromatic carbocycles. The Balaban J connectivity index is 2.32. The van der Waals surface area contributed by atoms with E-state index in [1.54, 1.807) is 0 Å². The maximum absolute atomic E-state index is 9.98. The Morgan fingerprint density at radius 2 is 2.50 bits per heavy atom. The maximum Gasteiger partial charge on any atom is 0.136 e. The lowest BCUT2D eigenvalue weighted by atomic mass is 10.2. The van der Waals surface area contributed by atoms with E-state index in [-0.39, 0.29) is 12.1 Å². The molecule has 46 valence electrons. The number of hydrogen-bond acceptors (Lipinski definition) is 3. The number of aliphatic hydroxyl groups excluding tert-OH is 1. The Morgan fingerprint density at radius 1 is 1.75 bits per heavy atom. The molecular formula is C5H9NO2. The summed E-state index contributed by atoms with van der Waals surface area (Å²) in [6.07, 6.45) is 1.09. The minimum Gasteiger partial charge on any atom is -0.392 e. The van der Waals surface area contributed by atoms with Gasteiger partial charge < -0.3 is 15.2 Å². The number of nitrogens with one attached hydrogen (secondary N) is 1. The van der Waals surface area contributed by atoms with Crippen LogP contribution in [0.25, 0.3) is 0 Å². The molecule has 0 aliphatic carbocycles. The van der Waals surface area contributed by atoms with Gasteiger partial charge in [-0.25, -0.2) is 0 Å². The predicted molar refractivity (Wildman–Crippen MR) is 28.5 cm³/mol. The van der Waals surface area contributed by atoms with Gasteiger partial charge in [-0.1, -0.05) is 0 Å². The highest BCUT2D eigenvalue weighted by molar-refractivity contribution is 5.58. The molecule has 2 N–H and O–H groups in total. The Hall–Kier alpha value is -0.410. The van der Waals surface area contributed by atoms with Gasteiger partial charge in [0.25, 0.3) is 0 Å². The van der Waals surface area contributed by atoms with Crippen LogP contribution in [0.2, 0.25) is 0 Å². The highest BCUT2D eigenvalue weighted by Gasteiger charge is 2.20. The Bertz CT molecular complexity index is 94.4. The third kappa shape index (κ3) is 1.05. The van der Waals surface area contributed by atoms with Gasteiger partial charge in [0, 0.05) is 6.54 Å². The molecule has 0 saturated carbocycles. The molecule has 0 unspecified atom stereocenters. The van der Waals surface area contributed by atoms with Gasteiger partial charge in [-0.2, -0.15) is 0 Å². The fourth-order valence-electron chi connectivity index (χ4n) is 0.851. The van der Waals surface area contributed by atoms with Crippen LogP contribution in [0.3, 0.4) is 0 Å². The average Bonchev–Trinajstić information content (AvgIpc) is 2.14. The van der Waals surface area contributed by atoms with Crippen molar-refractivity contribution in [2.24, 2.45) is 0 Å². The molecule has 1 aliphatic rings. The van der Waals surface area contributed by atoms with Crippen molar-refractivity contribution in [2.45, 2.75) is 18.6 Å². The quantitative estimate of drug-likeness (QED) is 0.427. The number of β-amino-alcohol motifs (C(OH)–C–C–N with tert-alkyl or cyclic N) is 1. The van der Waals surface area contributed by atoms with Crippen LogP contribution in [0, 0.1) is 0 Å². The molecule has 2 atom stereocenters. The van der Waals surface area contributed by atoms with Gasteiger partial charge in [0.2, 0.25) is 0 Å². The summed E-state index contributed by atoms with van der Waals surface area (Å²) < 4.78 is 0. The van der Waals surface area contributed by atoms with E-state index in [0.717, 1.165) is 6.29 Å². The first kappa shape index (κ1) is 5.72. The first-order valence-corrected chi connectivity index (χ1v) is 2.69. The lowest BCUT2D eigenvalue weighted by Gasteiger charge is -1.94. The number of rotatable bonds is 1. The summed E-state index contributed by atoms with van der Waals surface area (Å²) in [5, 5.41) is 11.6. The maximum atomic E-state index is 9.98. The third-order valence-electron chi connectivity index (χ3n) is 1.31. The smallest absolute Gasteiger partial charge is 0.136 e. The molecule has 0 aromatic rings. The molecule has 1 fully saturated rings. The standard InChI is InChI=1S/C5H9NO2/c7-3-4-1-5(8)2-6-4/h3-6,8H,1-2H2/t4-,5-/m1/s1. The van der Waals surface area contributed by atoms with Crippen LogP contribution in [0.1, 0.15) is 6.42 Å². The van der Waals surface area contributed by atoms with E-state index in [9.17, 15) is 4.79 Å². The van der Waals surface area contributed by atoms with Crippen molar-refractivity contribution >= 4 is 6.29 Å². The fourth-order valence-corrected chi connectivity index (χ4v) is 0.851. The molecular weight excluding hydrogens is 106 g/mol. The zero-order valence-electron chi connectivity index (χ0n) is 4.50. The van der Waals surface area contributed by atoms with Crippen LogP contribution in [-0.2, 0) is 4.79 Å². The van der Waals surface area contributed by atoms with Gasteiger partial charge in [0.15, 0.2) is 0 Å². The first-order chi connectivity index (χ1) is 3.83. The van der Waals surface area contributed by atoms with Crippen molar-refractivity contribution in [3.63, 3.8) is 0 Å². The van der Waals surface area contributed by atoms with Crippen LogP contribution in [0.15, 0.2) is 0 Å². The summed E-state index contributed by atoms with van der Waals surface area (Å²) in [4.78, 5) is 9.98. The Labute approximate surface area is 47.7 Å². The lowest BCUT2D eigenvalue weighted by molar-refractivity contribution is -0.109. The van der Waals surface area contributed by atoms with Crippen LogP contribution < -0.4 is 5.32 Å². The number of aldehydes is 1. The normalized spacial score (nSPS) is 37.6. The van der Waals surface area contributed by atoms with Gasteiger partial charge in [-0.05, 0) is 6.42 Å². The van der Waals surface area contributed by atoms with E-state index in [4.69, 9.17) is 5.11 Å².